The first kappa shape index (κ1) is 7.17. The molecule has 0 saturated carbocycles. The monoisotopic (exact) mass is 158 g/mol. The molecule has 0 saturated heterocycles. The number of carboxylic acids is 1. The molecule has 5 heteroatoms. The maximum atomic E-state index is 10.2. The van der Waals surface area contributed by atoms with Crippen LogP contribution in [0.1, 0.15) is 11.6 Å². The van der Waals surface area contributed by atoms with E-state index in [1.54, 1.807) is 5.38 Å². The lowest BCUT2D eigenvalue weighted by atomic mass is 10.2. The van der Waals surface area contributed by atoms with E-state index < -0.39 is 12.0 Å². The van der Waals surface area contributed by atoms with Gasteiger partial charge in [-0.25, -0.2) is 4.37 Å². The van der Waals surface area contributed by atoms with Gasteiger partial charge in [-0.1, -0.05) is 0 Å². The van der Waals surface area contributed by atoms with E-state index in [1.165, 1.54) is 17.7 Å². The predicted molar refractivity (Wildman–Crippen MR) is 36.7 cm³/mol. The van der Waals surface area contributed by atoms with Crippen LogP contribution in [-0.4, -0.2) is 15.4 Å². The summed E-state index contributed by atoms with van der Waals surface area (Å²) >= 11 is 1.19. The Morgan fingerprint density at radius 1 is 1.90 bits per heavy atom. The topological polar surface area (TPSA) is 76.2 Å². The number of aliphatic carboxylic acids is 1. The second kappa shape index (κ2) is 2.76. The van der Waals surface area contributed by atoms with Gasteiger partial charge in [0.25, 0.3) is 0 Å². The second-order valence-corrected chi connectivity index (χ2v) is 2.43. The molecule has 1 aromatic rings. The Balaban J connectivity index is 2.77. The maximum absolute atomic E-state index is 10.2. The van der Waals surface area contributed by atoms with Crippen molar-refractivity contribution in [2.24, 2.45) is 5.73 Å². The number of nitrogens with two attached hydrogens (primary N) is 1. The van der Waals surface area contributed by atoms with Crippen LogP contribution in [0.4, 0.5) is 0 Å². The van der Waals surface area contributed by atoms with Crippen molar-refractivity contribution in [3.8, 4) is 0 Å². The summed E-state index contributed by atoms with van der Waals surface area (Å²) in [4.78, 5) is 10.2. The van der Waals surface area contributed by atoms with Gasteiger partial charge in [0, 0.05) is 17.1 Å². The summed E-state index contributed by atoms with van der Waals surface area (Å²) < 4.78 is 3.72. The number of carbonyl (C=O) groups is 1. The van der Waals surface area contributed by atoms with Gasteiger partial charge < -0.3 is 10.8 Å². The van der Waals surface area contributed by atoms with E-state index in [-0.39, 0.29) is 0 Å². The lowest BCUT2D eigenvalue weighted by Gasteiger charge is -1.99. The summed E-state index contributed by atoms with van der Waals surface area (Å²) in [6.45, 7) is 0. The third-order valence-electron chi connectivity index (χ3n) is 1.08. The Kier molecular flexibility index (Phi) is 1.98. The molecule has 0 unspecified atom stereocenters. The van der Waals surface area contributed by atoms with E-state index in [0.717, 1.165) is 0 Å². The number of rotatable bonds is 2. The highest BCUT2D eigenvalue weighted by Gasteiger charge is 2.14. The molecular formula is C5H6N2O2S. The molecular weight excluding hydrogens is 152 g/mol. The first-order valence-corrected chi connectivity index (χ1v) is 3.43. The van der Waals surface area contributed by atoms with Gasteiger partial charge in [-0.3, -0.25) is 4.79 Å². The zero-order valence-electron chi connectivity index (χ0n) is 5.02. The average Bonchev–Trinajstić information content (AvgIpc) is 2.36. The van der Waals surface area contributed by atoms with E-state index >= 15 is 0 Å². The zero-order valence-corrected chi connectivity index (χ0v) is 5.84. The highest BCUT2D eigenvalue weighted by Crippen LogP contribution is 2.10. The van der Waals surface area contributed by atoms with Gasteiger partial charge in [-0.15, -0.1) is 0 Å². The summed E-state index contributed by atoms with van der Waals surface area (Å²) in [5, 5.41) is 10.0. The van der Waals surface area contributed by atoms with Gasteiger partial charge in [0.2, 0.25) is 0 Å². The lowest BCUT2D eigenvalue weighted by molar-refractivity contribution is -0.138. The first-order valence-electron chi connectivity index (χ1n) is 2.59. The molecule has 0 spiro atoms. The second-order valence-electron chi connectivity index (χ2n) is 1.77. The van der Waals surface area contributed by atoms with E-state index in [4.69, 9.17) is 10.8 Å². The third kappa shape index (κ3) is 1.31. The molecule has 0 aliphatic carbocycles. The summed E-state index contributed by atoms with van der Waals surface area (Å²) in [7, 11) is 0. The van der Waals surface area contributed by atoms with Crippen LogP contribution in [0.3, 0.4) is 0 Å². The average molecular weight is 158 g/mol. The number of hydrogen-bond acceptors (Lipinski definition) is 4. The quantitative estimate of drug-likeness (QED) is 0.645. The molecule has 3 N–H and O–H groups in total. The van der Waals surface area contributed by atoms with Crippen LogP contribution in [0.25, 0.3) is 0 Å². The minimum atomic E-state index is -1.03. The van der Waals surface area contributed by atoms with E-state index in [1.807, 2.05) is 0 Å². The van der Waals surface area contributed by atoms with Crippen LogP contribution in [0.15, 0.2) is 11.6 Å². The largest absolute Gasteiger partial charge is 0.480 e. The van der Waals surface area contributed by atoms with Gasteiger partial charge in [0.05, 0.1) is 0 Å². The van der Waals surface area contributed by atoms with E-state index in [0.29, 0.717) is 5.56 Å². The lowest BCUT2D eigenvalue weighted by Crippen LogP contribution is -2.19. The number of carboxylic acid groups (broad SMARTS) is 1. The maximum Gasteiger partial charge on any atom is 0.325 e. The highest BCUT2D eigenvalue weighted by molar-refractivity contribution is 7.03. The molecule has 1 rings (SSSR count). The third-order valence-corrected chi connectivity index (χ3v) is 1.68. The van der Waals surface area contributed by atoms with Crippen LogP contribution < -0.4 is 5.73 Å². The smallest absolute Gasteiger partial charge is 0.325 e. The van der Waals surface area contributed by atoms with E-state index in [2.05, 4.69) is 4.37 Å². The standard InChI is InChI=1S/C5H6N2O2S/c6-4(5(8)9)3-1-7-10-2-3/h1-2,4H,6H2,(H,8,9)/t4-/m1/s1. The minimum absolute atomic E-state index is 0.553. The highest BCUT2D eigenvalue weighted by atomic mass is 32.1. The minimum Gasteiger partial charge on any atom is -0.480 e. The van der Waals surface area contributed by atoms with Crippen molar-refractivity contribution in [2.45, 2.75) is 6.04 Å². The van der Waals surface area contributed by atoms with Crippen LogP contribution >= 0.6 is 11.5 Å². The first-order chi connectivity index (χ1) is 4.72. The summed E-state index contributed by atoms with van der Waals surface area (Å²) in [5.41, 5.74) is 5.80. The van der Waals surface area contributed by atoms with Crippen LogP contribution in [0.5, 0.6) is 0 Å². The van der Waals surface area contributed by atoms with Crippen molar-refractivity contribution in [1.29, 1.82) is 0 Å². The number of aromatic nitrogens is 1. The molecule has 10 heavy (non-hydrogen) atoms. The van der Waals surface area contributed by atoms with Crippen LogP contribution in [0, 0.1) is 0 Å². The fraction of sp³-hybridized carbons (Fsp3) is 0.200. The van der Waals surface area contributed by atoms with Gasteiger partial charge in [-0.2, -0.15) is 0 Å². The molecule has 0 aliphatic heterocycles. The number of hydrogen-bond donors (Lipinski definition) is 2. The zero-order chi connectivity index (χ0) is 7.56. The number of nitrogens with zero attached hydrogens (tertiary/aromatic N) is 1. The van der Waals surface area contributed by atoms with Crippen LogP contribution in [-0.2, 0) is 4.79 Å². The van der Waals surface area contributed by atoms with Gasteiger partial charge in [0.15, 0.2) is 0 Å². The molecule has 1 aromatic heterocycles. The Bertz CT molecular complexity index is 222. The SMILES string of the molecule is N[C@@H](C(=O)O)c1cnsc1. The molecule has 0 amide bonds. The molecule has 0 fully saturated rings. The van der Waals surface area contributed by atoms with Crippen molar-refractivity contribution in [3.05, 3.63) is 17.1 Å². The van der Waals surface area contributed by atoms with Crippen molar-refractivity contribution in [3.63, 3.8) is 0 Å². The summed E-state index contributed by atoms with van der Waals surface area (Å²) in [6, 6.07) is -0.932. The van der Waals surface area contributed by atoms with Gasteiger partial charge in [-0.05, 0) is 11.5 Å². The Morgan fingerprint density at radius 2 is 2.60 bits per heavy atom. The summed E-state index contributed by atoms with van der Waals surface area (Å²) in [6.07, 6.45) is 1.46. The fourth-order valence-corrected chi connectivity index (χ4v) is 1.08. The van der Waals surface area contributed by atoms with Gasteiger partial charge >= 0.3 is 5.97 Å². The van der Waals surface area contributed by atoms with Crippen LogP contribution in [0.2, 0.25) is 0 Å². The molecule has 54 valence electrons. The molecule has 1 heterocycles. The summed E-state index contributed by atoms with van der Waals surface area (Å²) in [5.74, 6) is -1.03. The Hall–Kier alpha value is -0.940. The molecule has 4 nitrogen and oxygen atoms in total. The predicted octanol–water partition coefficient (Wildman–Crippen LogP) is 0.228. The Labute approximate surface area is 61.5 Å². The molecule has 1 atom stereocenters. The molecule has 0 aromatic carbocycles. The molecule has 0 aliphatic rings. The van der Waals surface area contributed by atoms with Crippen molar-refractivity contribution in [2.75, 3.05) is 0 Å². The van der Waals surface area contributed by atoms with Crippen molar-refractivity contribution in [1.82, 2.24) is 4.37 Å². The molecule has 0 bridgehead atoms. The van der Waals surface area contributed by atoms with Crippen molar-refractivity contribution < 1.29 is 9.90 Å². The normalized spacial score (nSPS) is 12.9. The van der Waals surface area contributed by atoms with Gasteiger partial charge in [0.1, 0.15) is 6.04 Å². The fourth-order valence-electron chi connectivity index (χ4n) is 0.509. The Morgan fingerprint density at radius 3 is 3.00 bits per heavy atom. The molecule has 0 radical (unpaired) electrons. The van der Waals surface area contributed by atoms with Crippen molar-refractivity contribution >= 4 is 17.5 Å². The van der Waals surface area contributed by atoms with E-state index in [9.17, 15) is 4.79 Å².